The second kappa shape index (κ2) is 5.65. The van der Waals surface area contributed by atoms with Gasteiger partial charge in [0.15, 0.2) is 0 Å². The Balaban J connectivity index is 2.91. The molecule has 0 saturated heterocycles. The van der Waals surface area contributed by atoms with Crippen LogP contribution >= 0.6 is 11.6 Å². The Bertz CT molecular complexity index is 384. The molecule has 0 bridgehead atoms. The van der Waals surface area contributed by atoms with Crippen LogP contribution in [-0.4, -0.2) is 23.5 Å². The van der Waals surface area contributed by atoms with Crippen LogP contribution in [-0.2, 0) is 0 Å². The Morgan fingerprint density at radius 3 is 2.81 bits per heavy atom. The average Bonchev–Trinajstić information content (AvgIpc) is 2.24. The fourth-order valence-electron chi connectivity index (χ4n) is 1.28. The molecule has 0 aliphatic heterocycles. The van der Waals surface area contributed by atoms with Gasteiger partial charge in [-0.15, -0.1) is 0 Å². The van der Waals surface area contributed by atoms with E-state index in [1.807, 2.05) is 11.9 Å². The maximum atomic E-state index is 10.6. The van der Waals surface area contributed by atoms with E-state index in [0.717, 1.165) is 19.4 Å². The highest BCUT2D eigenvalue weighted by molar-refractivity contribution is 6.29. The molecule has 5 nitrogen and oxygen atoms in total. The predicted octanol–water partition coefficient (Wildman–Crippen LogP) is 2.88. The van der Waals surface area contributed by atoms with E-state index in [2.05, 4.69) is 11.9 Å². The molecule has 1 rings (SSSR count). The van der Waals surface area contributed by atoms with Gasteiger partial charge in [-0.25, -0.2) is 4.98 Å². The molecule has 0 fully saturated rings. The van der Waals surface area contributed by atoms with Gasteiger partial charge in [0.25, 0.3) is 5.69 Å². The number of aromatic nitrogens is 1. The average molecular weight is 244 g/mol. The molecule has 1 aromatic rings. The van der Waals surface area contributed by atoms with Gasteiger partial charge >= 0.3 is 0 Å². The van der Waals surface area contributed by atoms with Crippen LogP contribution in [0.5, 0.6) is 0 Å². The zero-order valence-electron chi connectivity index (χ0n) is 9.31. The van der Waals surface area contributed by atoms with E-state index in [9.17, 15) is 10.1 Å². The first-order chi connectivity index (χ1) is 7.54. The maximum absolute atomic E-state index is 10.6. The standard InChI is InChI=1S/C10H14ClN3O2/c1-3-4-5-13(2)10-7-8(14(15)16)6-9(11)12-10/h6-7H,3-5H2,1-2H3. The second-order valence-corrected chi connectivity index (χ2v) is 3.93. The van der Waals surface area contributed by atoms with Crippen molar-refractivity contribution in [2.24, 2.45) is 0 Å². The van der Waals surface area contributed by atoms with Gasteiger partial charge < -0.3 is 4.90 Å². The molecule has 1 aromatic heterocycles. The highest BCUT2D eigenvalue weighted by Crippen LogP contribution is 2.22. The number of rotatable bonds is 5. The molecule has 0 atom stereocenters. The van der Waals surface area contributed by atoms with Crippen molar-refractivity contribution in [3.05, 3.63) is 27.4 Å². The van der Waals surface area contributed by atoms with Crippen LogP contribution < -0.4 is 4.90 Å². The zero-order valence-corrected chi connectivity index (χ0v) is 10.1. The van der Waals surface area contributed by atoms with Crippen LogP contribution in [0.15, 0.2) is 12.1 Å². The summed E-state index contributed by atoms with van der Waals surface area (Å²) in [5, 5.41) is 10.8. The first kappa shape index (κ1) is 12.7. The monoisotopic (exact) mass is 243 g/mol. The summed E-state index contributed by atoms with van der Waals surface area (Å²) in [6.45, 7) is 2.89. The van der Waals surface area contributed by atoms with Crippen LogP contribution in [0.4, 0.5) is 11.5 Å². The number of hydrogen-bond acceptors (Lipinski definition) is 4. The second-order valence-electron chi connectivity index (χ2n) is 3.54. The normalized spacial score (nSPS) is 10.2. The summed E-state index contributed by atoms with van der Waals surface area (Å²) in [4.78, 5) is 16.1. The third-order valence-electron chi connectivity index (χ3n) is 2.21. The van der Waals surface area contributed by atoms with Crippen molar-refractivity contribution in [3.63, 3.8) is 0 Å². The topological polar surface area (TPSA) is 59.3 Å². The summed E-state index contributed by atoms with van der Waals surface area (Å²) in [5.74, 6) is 0.535. The van der Waals surface area contributed by atoms with Crippen molar-refractivity contribution < 1.29 is 4.92 Å². The minimum atomic E-state index is -0.468. The number of nitro groups is 1. The summed E-state index contributed by atoms with van der Waals surface area (Å²) >= 11 is 5.73. The van der Waals surface area contributed by atoms with Crippen LogP contribution in [0, 0.1) is 10.1 Å². The molecule has 6 heteroatoms. The van der Waals surface area contributed by atoms with E-state index in [1.54, 1.807) is 0 Å². The summed E-state index contributed by atoms with van der Waals surface area (Å²) < 4.78 is 0. The number of anilines is 1. The molecule has 0 amide bonds. The van der Waals surface area contributed by atoms with Crippen molar-refractivity contribution >= 4 is 23.1 Å². The minimum Gasteiger partial charge on any atom is -0.359 e. The molecule has 0 aliphatic rings. The van der Waals surface area contributed by atoms with Gasteiger partial charge in [0.05, 0.1) is 17.1 Å². The first-order valence-electron chi connectivity index (χ1n) is 5.07. The molecular weight excluding hydrogens is 230 g/mol. The van der Waals surface area contributed by atoms with Gasteiger partial charge in [-0.2, -0.15) is 0 Å². The zero-order chi connectivity index (χ0) is 12.1. The summed E-state index contributed by atoms with van der Waals surface area (Å²) in [6, 6.07) is 2.68. The lowest BCUT2D eigenvalue weighted by Crippen LogP contribution is -2.19. The molecule has 88 valence electrons. The lowest BCUT2D eigenvalue weighted by molar-refractivity contribution is -0.384. The number of pyridine rings is 1. The molecule has 0 spiro atoms. The lowest BCUT2D eigenvalue weighted by Gasteiger charge is -2.17. The number of unbranched alkanes of at least 4 members (excludes halogenated alkanes) is 1. The number of nitrogens with zero attached hydrogens (tertiary/aromatic N) is 3. The molecule has 0 radical (unpaired) electrons. The highest BCUT2D eigenvalue weighted by Gasteiger charge is 2.12. The highest BCUT2D eigenvalue weighted by atomic mass is 35.5. The van der Waals surface area contributed by atoms with Crippen LogP contribution in [0.1, 0.15) is 19.8 Å². The Kier molecular flexibility index (Phi) is 4.49. The van der Waals surface area contributed by atoms with Crippen molar-refractivity contribution in [2.75, 3.05) is 18.5 Å². The minimum absolute atomic E-state index is 0.0293. The fourth-order valence-corrected chi connectivity index (χ4v) is 1.48. The van der Waals surface area contributed by atoms with Gasteiger partial charge in [-0.1, -0.05) is 24.9 Å². The molecule has 0 unspecified atom stereocenters. The molecule has 0 saturated carbocycles. The molecule has 0 aliphatic carbocycles. The SMILES string of the molecule is CCCCN(C)c1cc([N+](=O)[O-])cc(Cl)n1. The maximum Gasteiger partial charge on any atom is 0.276 e. The third-order valence-corrected chi connectivity index (χ3v) is 2.41. The van der Waals surface area contributed by atoms with Gasteiger partial charge in [-0.3, -0.25) is 10.1 Å². The van der Waals surface area contributed by atoms with Crippen LogP contribution in [0.2, 0.25) is 5.15 Å². The fraction of sp³-hybridized carbons (Fsp3) is 0.500. The number of hydrogen-bond donors (Lipinski definition) is 0. The van der Waals surface area contributed by atoms with Crippen LogP contribution in [0.25, 0.3) is 0 Å². The Hall–Kier alpha value is -1.36. The largest absolute Gasteiger partial charge is 0.359 e. The summed E-state index contributed by atoms with van der Waals surface area (Å²) in [6.07, 6.45) is 2.07. The lowest BCUT2D eigenvalue weighted by atomic mass is 10.3. The third kappa shape index (κ3) is 3.34. The van der Waals surface area contributed by atoms with E-state index >= 15 is 0 Å². The van der Waals surface area contributed by atoms with E-state index < -0.39 is 4.92 Å². The van der Waals surface area contributed by atoms with Crippen molar-refractivity contribution in [1.29, 1.82) is 0 Å². The smallest absolute Gasteiger partial charge is 0.276 e. The van der Waals surface area contributed by atoms with Crippen molar-refractivity contribution in [1.82, 2.24) is 4.98 Å². The van der Waals surface area contributed by atoms with Crippen molar-refractivity contribution in [3.8, 4) is 0 Å². The van der Waals surface area contributed by atoms with Gasteiger partial charge in [0.1, 0.15) is 11.0 Å². The molecule has 0 N–H and O–H groups in total. The van der Waals surface area contributed by atoms with Gasteiger partial charge in [0.2, 0.25) is 0 Å². The number of halogens is 1. The summed E-state index contributed by atoms with van der Waals surface area (Å²) in [7, 11) is 1.85. The van der Waals surface area contributed by atoms with E-state index in [-0.39, 0.29) is 10.8 Å². The van der Waals surface area contributed by atoms with E-state index in [4.69, 9.17) is 11.6 Å². The quantitative estimate of drug-likeness (QED) is 0.453. The Morgan fingerprint density at radius 2 is 2.25 bits per heavy atom. The van der Waals surface area contributed by atoms with Crippen LogP contribution in [0.3, 0.4) is 0 Å². The van der Waals surface area contributed by atoms with E-state index in [0.29, 0.717) is 5.82 Å². The predicted molar refractivity (Wildman–Crippen MR) is 64.1 cm³/mol. The van der Waals surface area contributed by atoms with Gasteiger partial charge in [0, 0.05) is 13.6 Å². The Morgan fingerprint density at radius 1 is 1.56 bits per heavy atom. The van der Waals surface area contributed by atoms with E-state index in [1.165, 1.54) is 12.1 Å². The van der Waals surface area contributed by atoms with Gasteiger partial charge in [-0.05, 0) is 6.42 Å². The Labute approximate surface area is 99.2 Å². The molecule has 0 aromatic carbocycles. The first-order valence-corrected chi connectivity index (χ1v) is 5.45. The molecule has 16 heavy (non-hydrogen) atoms. The molecule has 1 heterocycles. The van der Waals surface area contributed by atoms with Crippen molar-refractivity contribution in [2.45, 2.75) is 19.8 Å². The molecular formula is C10H14ClN3O2. The summed E-state index contributed by atoms with van der Waals surface area (Å²) in [5.41, 5.74) is -0.0293.